The predicted molar refractivity (Wildman–Crippen MR) is 134 cm³/mol. The second-order valence-corrected chi connectivity index (χ2v) is 8.59. The number of anilines is 1. The molecule has 1 atom stereocenters. The summed E-state index contributed by atoms with van der Waals surface area (Å²) in [6.07, 6.45) is 0.837. The smallest absolute Gasteiger partial charge is 0.352 e. The van der Waals surface area contributed by atoms with Crippen molar-refractivity contribution in [3.8, 4) is 0 Å². The summed E-state index contributed by atoms with van der Waals surface area (Å²) < 4.78 is 3.65. The Bertz CT molecular complexity index is 1510. The van der Waals surface area contributed by atoms with E-state index < -0.39 is 11.6 Å². The van der Waals surface area contributed by atoms with Crippen LogP contribution < -0.4 is 21.9 Å². The lowest BCUT2D eigenvalue weighted by molar-refractivity contribution is -0.122. The first-order valence-corrected chi connectivity index (χ1v) is 11.6. The summed E-state index contributed by atoms with van der Waals surface area (Å²) >= 11 is 0. The molecule has 182 valence electrons. The van der Waals surface area contributed by atoms with Crippen LogP contribution in [-0.4, -0.2) is 36.6 Å². The summed E-state index contributed by atoms with van der Waals surface area (Å²) in [6, 6.07) is 14.0. The van der Waals surface area contributed by atoms with E-state index in [1.54, 1.807) is 36.4 Å². The molecule has 0 radical (unpaired) electrons. The monoisotopic (exact) mass is 476 g/mol. The van der Waals surface area contributed by atoms with Gasteiger partial charge in [-0.3, -0.25) is 19.0 Å². The Hall–Kier alpha value is -4.21. The lowest BCUT2D eigenvalue weighted by Gasteiger charge is -2.12. The van der Waals surface area contributed by atoms with Crippen LogP contribution in [0.25, 0.3) is 16.7 Å². The average molecular weight is 477 g/mol. The van der Waals surface area contributed by atoms with E-state index in [0.717, 1.165) is 16.7 Å². The van der Waals surface area contributed by atoms with Crippen LogP contribution in [0.3, 0.4) is 0 Å². The van der Waals surface area contributed by atoms with Gasteiger partial charge in [0.05, 0.1) is 10.9 Å². The predicted octanol–water partition coefficient (Wildman–Crippen LogP) is 2.06. The van der Waals surface area contributed by atoms with E-state index in [-0.39, 0.29) is 42.8 Å². The highest BCUT2D eigenvalue weighted by molar-refractivity contribution is 5.90. The molecule has 0 fully saturated rings. The third-order valence-electron chi connectivity index (χ3n) is 5.90. The molecule has 10 nitrogen and oxygen atoms in total. The maximum atomic E-state index is 13.2. The summed E-state index contributed by atoms with van der Waals surface area (Å²) in [5.41, 5.74) is 1.15. The molecule has 0 aliphatic rings. The number of aromatic nitrogens is 4. The molecule has 0 saturated carbocycles. The number of aryl methyl sites for hydroxylation is 2. The molecule has 0 spiro atoms. The standard InChI is InChI=1S/C25H28N6O4/c1-4-17(3)26-21(32)13-14-29-23(34)19-7-5-6-8-20(19)31-24(29)28-30(25(31)35)15-22(33)27-18-11-9-16(2)10-12-18/h5-12,17H,4,13-15H2,1-3H3,(H,26,32)(H,27,33). The second kappa shape index (κ2) is 9.96. The molecule has 2 aromatic heterocycles. The van der Waals surface area contributed by atoms with Crippen molar-refractivity contribution in [3.05, 3.63) is 74.9 Å². The van der Waals surface area contributed by atoms with E-state index in [0.29, 0.717) is 16.6 Å². The van der Waals surface area contributed by atoms with Crippen molar-refractivity contribution in [3.63, 3.8) is 0 Å². The van der Waals surface area contributed by atoms with Gasteiger partial charge in [0.2, 0.25) is 17.6 Å². The number of nitrogens with zero attached hydrogens (tertiary/aromatic N) is 4. The van der Waals surface area contributed by atoms with Gasteiger partial charge in [0.25, 0.3) is 5.56 Å². The molecule has 2 aromatic carbocycles. The van der Waals surface area contributed by atoms with Gasteiger partial charge in [0.15, 0.2) is 0 Å². The number of hydrogen-bond donors (Lipinski definition) is 2. The van der Waals surface area contributed by atoms with Crippen LogP contribution in [0.5, 0.6) is 0 Å². The minimum atomic E-state index is -0.548. The van der Waals surface area contributed by atoms with E-state index in [9.17, 15) is 19.2 Å². The quantitative estimate of drug-likeness (QED) is 0.403. The van der Waals surface area contributed by atoms with Crippen LogP contribution in [0.2, 0.25) is 0 Å². The molecular weight excluding hydrogens is 448 g/mol. The zero-order valence-corrected chi connectivity index (χ0v) is 19.9. The lowest BCUT2D eigenvalue weighted by Crippen LogP contribution is -2.34. The van der Waals surface area contributed by atoms with Crippen molar-refractivity contribution in [1.82, 2.24) is 24.1 Å². The van der Waals surface area contributed by atoms with Crippen molar-refractivity contribution in [2.24, 2.45) is 0 Å². The molecular formula is C25H28N6O4. The number of carbonyl (C=O) groups is 2. The highest BCUT2D eigenvalue weighted by Crippen LogP contribution is 2.12. The number of amides is 2. The Labute approximate surface area is 201 Å². The van der Waals surface area contributed by atoms with Crippen molar-refractivity contribution in [1.29, 1.82) is 0 Å². The highest BCUT2D eigenvalue weighted by Gasteiger charge is 2.19. The molecule has 4 aromatic rings. The number of nitrogens with one attached hydrogen (secondary N) is 2. The van der Waals surface area contributed by atoms with Crippen molar-refractivity contribution in [2.75, 3.05) is 5.32 Å². The first kappa shape index (κ1) is 23.9. The second-order valence-electron chi connectivity index (χ2n) is 8.59. The van der Waals surface area contributed by atoms with Gasteiger partial charge in [-0.05, 0) is 44.5 Å². The molecule has 1 unspecified atom stereocenters. The Morgan fingerprint density at radius 2 is 1.74 bits per heavy atom. The number of carbonyl (C=O) groups excluding carboxylic acids is 2. The number of benzene rings is 2. The Morgan fingerprint density at radius 3 is 2.46 bits per heavy atom. The van der Waals surface area contributed by atoms with Crippen LogP contribution in [0.15, 0.2) is 58.1 Å². The van der Waals surface area contributed by atoms with Crippen molar-refractivity contribution in [2.45, 2.75) is 52.7 Å². The third kappa shape index (κ3) is 5.01. The molecule has 0 saturated heterocycles. The van der Waals surface area contributed by atoms with E-state index in [2.05, 4.69) is 15.7 Å². The topological polar surface area (TPSA) is 120 Å². The minimum Gasteiger partial charge on any atom is -0.354 e. The van der Waals surface area contributed by atoms with Crippen LogP contribution in [-0.2, 0) is 22.7 Å². The van der Waals surface area contributed by atoms with Gasteiger partial charge in [-0.25, -0.2) is 13.9 Å². The molecule has 0 bridgehead atoms. The summed E-state index contributed by atoms with van der Waals surface area (Å²) in [5, 5.41) is 10.3. The van der Waals surface area contributed by atoms with Crippen LogP contribution in [0.1, 0.15) is 32.3 Å². The first-order chi connectivity index (χ1) is 16.8. The fraction of sp³-hybridized carbons (Fsp3) is 0.320. The Morgan fingerprint density at radius 1 is 1.03 bits per heavy atom. The average Bonchev–Trinajstić information content (AvgIpc) is 3.16. The molecule has 0 aliphatic carbocycles. The van der Waals surface area contributed by atoms with E-state index in [4.69, 9.17) is 0 Å². The molecule has 2 N–H and O–H groups in total. The van der Waals surface area contributed by atoms with Crippen LogP contribution in [0.4, 0.5) is 5.69 Å². The fourth-order valence-corrected chi connectivity index (χ4v) is 3.81. The zero-order chi connectivity index (χ0) is 25.1. The lowest BCUT2D eigenvalue weighted by atomic mass is 10.2. The maximum absolute atomic E-state index is 13.2. The van der Waals surface area contributed by atoms with Gasteiger partial charge in [-0.15, -0.1) is 5.10 Å². The molecule has 10 heteroatoms. The highest BCUT2D eigenvalue weighted by atomic mass is 16.2. The zero-order valence-electron chi connectivity index (χ0n) is 19.9. The fourth-order valence-electron chi connectivity index (χ4n) is 3.81. The van der Waals surface area contributed by atoms with Gasteiger partial charge in [0.1, 0.15) is 6.54 Å². The first-order valence-electron chi connectivity index (χ1n) is 11.6. The molecule has 4 rings (SSSR count). The number of hydrogen-bond acceptors (Lipinski definition) is 5. The Kier molecular flexibility index (Phi) is 6.81. The minimum absolute atomic E-state index is 0.0183. The normalized spacial score (nSPS) is 12.1. The SMILES string of the molecule is CCC(C)NC(=O)CCn1c(=O)c2ccccc2n2c(=O)n(CC(=O)Nc3ccc(C)cc3)nc12. The summed E-state index contributed by atoms with van der Waals surface area (Å²) in [7, 11) is 0. The van der Waals surface area contributed by atoms with E-state index in [1.807, 2.05) is 32.9 Å². The summed E-state index contributed by atoms with van der Waals surface area (Å²) in [6.45, 7) is 5.53. The maximum Gasteiger partial charge on any atom is 0.352 e. The molecule has 2 heterocycles. The Balaban J connectivity index is 1.70. The molecule has 2 amide bonds. The van der Waals surface area contributed by atoms with Gasteiger partial charge < -0.3 is 10.6 Å². The number of fused-ring (bicyclic) bond motifs is 3. The molecule has 35 heavy (non-hydrogen) atoms. The third-order valence-corrected chi connectivity index (χ3v) is 5.90. The number of para-hydroxylation sites is 1. The summed E-state index contributed by atoms with van der Waals surface area (Å²) in [4.78, 5) is 51.4. The van der Waals surface area contributed by atoms with Gasteiger partial charge in [-0.1, -0.05) is 36.8 Å². The van der Waals surface area contributed by atoms with Crippen molar-refractivity contribution >= 4 is 34.2 Å². The van der Waals surface area contributed by atoms with Gasteiger partial charge in [0, 0.05) is 24.7 Å². The van der Waals surface area contributed by atoms with E-state index >= 15 is 0 Å². The number of rotatable bonds is 8. The largest absolute Gasteiger partial charge is 0.354 e. The van der Waals surface area contributed by atoms with Crippen molar-refractivity contribution < 1.29 is 9.59 Å². The van der Waals surface area contributed by atoms with Crippen LogP contribution >= 0.6 is 0 Å². The van der Waals surface area contributed by atoms with Crippen LogP contribution in [0, 0.1) is 6.92 Å². The van der Waals surface area contributed by atoms with E-state index in [1.165, 1.54) is 8.97 Å². The van der Waals surface area contributed by atoms with Gasteiger partial charge >= 0.3 is 5.69 Å². The molecule has 0 aliphatic heterocycles. The summed E-state index contributed by atoms with van der Waals surface area (Å²) in [5.74, 6) is -0.541. The van der Waals surface area contributed by atoms with Gasteiger partial charge in [-0.2, -0.15) is 0 Å².